The van der Waals surface area contributed by atoms with E-state index in [1.165, 1.54) is 17.5 Å². The van der Waals surface area contributed by atoms with Gasteiger partial charge in [0.15, 0.2) is 0 Å². The van der Waals surface area contributed by atoms with E-state index >= 15 is 0 Å². The number of aromatic nitrogens is 2. The Balaban J connectivity index is 1.28. The predicted molar refractivity (Wildman–Crippen MR) is 122 cm³/mol. The van der Waals surface area contributed by atoms with Crippen LogP contribution in [-0.4, -0.2) is 33.9 Å². The molecule has 1 aliphatic heterocycles. The fraction of sp³-hybridized carbons (Fsp3) is 0.296. The van der Waals surface area contributed by atoms with Crippen LogP contribution in [0.2, 0.25) is 0 Å². The quantitative estimate of drug-likeness (QED) is 0.582. The topological polar surface area (TPSA) is 46.1 Å². The van der Waals surface area contributed by atoms with Crippen LogP contribution in [-0.2, 0) is 11.8 Å². The lowest BCUT2D eigenvalue weighted by molar-refractivity contribution is 0.0660. The number of likely N-dealkylation sites (tertiary alicyclic amines) is 1. The van der Waals surface area contributed by atoms with E-state index in [1.54, 1.807) is 18.6 Å². The number of benzene rings is 1. The average molecular weight is 408 g/mol. The molecule has 1 saturated heterocycles. The Morgan fingerprint density at radius 3 is 2.61 bits per heavy atom. The van der Waals surface area contributed by atoms with Crippen molar-refractivity contribution in [1.82, 2.24) is 14.9 Å². The van der Waals surface area contributed by atoms with Gasteiger partial charge < -0.3 is 4.90 Å². The van der Waals surface area contributed by atoms with E-state index < -0.39 is 0 Å². The van der Waals surface area contributed by atoms with Crippen LogP contribution in [0.25, 0.3) is 11.1 Å². The van der Waals surface area contributed by atoms with Crippen LogP contribution in [0.1, 0.15) is 53.4 Å². The Morgan fingerprint density at radius 2 is 1.84 bits per heavy atom. The lowest BCUT2D eigenvalue weighted by Gasteiger charge is -2.40. The number of nitrogens with zero attached hydrogens (tertiary/aromatic N) is 3. The molecule has 1 spiro atoms. The number of pyridine rings is 2. The van der Waals surface area contributed by atoms with Crippen LogP contribution in [0.3, 0.4) is 0 Å². The summed E-state index contributed by atoms with van der Waals surface area (Å²) in [7, 11) is 0. The van der Waals surface area contributed by atoms with Crippen molar-refractivity contribution in [3.63, 3.8) is 0 Å². The monoisotopic (exact) mass is 407 g/mol. The minimum Gasteiger partial charge on any atom is -0.337 e. The van der Waals surface area contributed by atoms with E-state index in [2.05, 4.69) is 46.1 Å². The van der Waals surface area contributed by atoms with E-state index in [0.29, 0.717) is 5.69 Å². The molecule has 0 bridgehead atoms. The number of aryl methyl sites for hydroxylation is 1. The molecule has 154 valence electrons. The Labute approximate surface area is 183 Å². The number of carbonyl (C=O) groups excluding carboxylic acids is 1. The zero-order valence-corrected chi connectivity index (χ0v) is 17.8. The molecule has 3 aromatic rings. The van der Waals surface area contributed by atoms with Crippen molar-refractivity contribution >= 4 is 5.91 Å². The second-order valence-corrected chi connectivity index (χ2v) is 8.50. The molecule has 5 rings (SSSR count). The summed E-state index contributed by atoms with van der Waals surface area (Å²) in [6.45, 7) is 3.39. The number of amides is 1. The molecule has 2 aromatic heterocycles. The van der Waals surface area contributed by atoms with E-state index in [0.717, 1.165) is 49.0 Å². The zero-order chi connectivity index (χ0) is 21.3. The number of fused-ring (bicyclic) bond motifs is 2. The highest BCUT2D eigenvalue weighted by atomic mass is 16.2. The molecule has 0 N–H and O–H groups in total. The van der Waals surface area contributed by atoms with Crippen molar-refractivity contribution in [2.45, 2.75) is 38.0 Å². The molecule has 1 amide bonds. The van der Waals surface area contributed by atoms with Crippen molar-refractivity contribution < 1.29 is 4.79 Å². The van der Waals surface area contributed by atoms with Crippen LogP contribution in [0.4, 0.5) is 0 Å². The van der Waals surface area contributed by atoms with E-state index in [-0.39, 0.29) is 11.3 Å². The average Bonchev–Trinajstić information content (AvgIpc) is 3.18. The van der Waals surface area contributed by atoms with Crippen molar-refractivity contribution in [3.8, 4) is 23.0 Å². The Kier molecular flexibility index (Phi) is 5.03. The Bertz CT molecular complexity index is 1180. The number of hydrogen-bond donors (Lipinski definition) is 0. The standard InChI is InChI=1S/C27H25N3O/c1-2-5-20-16-23(18-28-17-20)22-8-9-25(29-19-22)26(31)30-14-12-27(13-15-30)11-10-21-6-3-4-7-24(21)27/h3-4,6-9,16-19H,10-15H2,1H3. The van der Waals surface area contributed by atoms with Gasteiger partial charge >= 0.3 is 0 Å². The second kappa shape index (κ2) is 8.00. The summed E-state index contributed by atoms with van der Waals surface area (Å²) < 4.78 is 0. The van der Waals surface area contributed by atoms with Gasteiger partial charge in [0, 0.05) is 48.4 Å². The summed E-state index contributed by atoms with van der Waals surface area (Å²) in [5, 5.41) is 0. The molecular weight excluding hydrogens is 382 g/mol. The van der Waals surface area contributed by atoms with Crippen LogP contribution >= 0.6 is 0 Å². The largest absolute Gasteiger partial charge is 0.337 e. The highest BCUT2D eigenvalue weighted by molar-refractivity contribution is 5.92. The lowest BCUT2D eigenvalue weighted by atomic mass is 9.74. The maximum absolute atomic E-state index is 13.1. The van der Waals surface area contributed by atoms with Gasteiger partial charge in [-0.25, -0.2) is 0 Å². The Hall–Kier alpha value is -3.45. The van der Waals surface area contributed by atoms with Crippen LogP contribution in [0.5, 0.6) is 0 Å². The summed E-state index contributed by atoms with van der Waals surface area (Å²) in [5.74, 6) is 5.94. The van der Waals surface area contributed by atoms with Gasteiger partial charge in [0.1, 0.15) is 5.69 Å². The van der Waals surface area contributed by atoms with Gasteiger partial charge in [-0.05, 0) is 61.3 Å². The first kappa shape index (κ1) is 19.5. The second-order valence-electron chi connectivity index (χ2n) is 8.50. The van der Waals surface area contributed by atoms with E-state index in [9.17, 15) is 4.79 Å². The van der Waals surface area contributed by atoms with Crippen molar-refractivity contribution in [2.24, 2.45) is 0 Å². The molecule has 2 aliphatic rings. The van der Waals surface area contributed by atoms with Gasteiger partial charge in [0.05, 0.1) is 0 Å². The zero-order valence-electron chi connectivity index (χ0n) is 17.8. The molecule has 31 heavy (non-hydrogen) atoms. The van der Waals surface area contributed by atoms with Gasteiger partial charge in [0.2, 0.25) is 0 Å². The highest BCUT2D eigenvalue weighted by Crippen LogP contribution is 2.46. The molecule has 4 heteroatoms. The third-order valence-corrected chi connectivity index (χ3v) is 6.79. The summed E-state index contributed by atoms with van der Waals surface area (Å²) in [4.78, 5) is 23.8. The summed E-state index contributed by atoms with van der Waals surface area (Å²) in [5.41, 5.74) is 6.51. The Morgan fingerprint density at radius 1 is 1.00 bits per heavy atom. The van der Waals surface area contributed by atoms with Gasteiger partial charge in [-0.15, -0.1) is 5.92 Å². The van der Waals surface area contributed by atoms with Crippen molar-refractivity contribution in [2.75, 3.05) is 13.1 Å². The van der Waals surface area contributed by atoms with Gasteiger partial charge in [-0.3, -0.25) is 14.8 Å². The first-order chi connectivity index (χ1) is 15.2. The number of rotatable bonds is 2. The summed E-state index contributed by atoms with van der Waals surface area (Å²) >= 11 is 0. The molecule has 0 unspecified atom stereocenters. The fourth-order valence-corrected chi connectivity index (χ4v) is 5.09. The van der Waals surface area contributed by atoms with Crippen LogP contribution < -0.4 is 0 Å². The van der Waals surface area contributed by atoms with Crippen LogP contribution in [0, 0.1) is 11.8 Å². The molecule has 1 aliphatic carbocycles. The third kappa shape index (κ3) is 3.61. The molecule has 0 radical (unpaired) electrons. The molecule has 0 saturated carbocycles. The first-order valence-electron chi connectivity index (χ1n) is 10.9. The van der Waals surface area contributed by atoms with E-state index in [1.807, 2.05) is 30.0 Å². The number of piperidine rings is 1. The molecule has 3 heterocycles. The lowest BCUT2D eigenvalue weighted by Crippen LogP contribution is -2.44. The molecule has 1 aromatic carbocycles. The van der Waals surface area contributed by atoms with Gasteiger partial charge in [-0.1, -0.05) is 36.3 Å². The van der Waals surface area contributed by atoms with Crippen molar-refractivity contribution in [1.29, 1.82) is 0 Å². The SMILES string of the molecule is CC#Cc1cncc(-c2ccc(C(=O)N3CCC4(CCc5ccccc54)CC3)nc2)c1. The molecular formula is C27H25N3O. The maximum Gasteiger partial charge on any atom is 0.272 e. The maximum atomic E-state index is 13.1. The summed E-state index contributed by atoms with van der Waals surface area (Å²) in [6, 6.07) is 14.6. The molecule has 1 fully saturated rings. The van der Waals surface area contributed by atoms with Gasteiger partial charge in [-0.2, -0.15) is 0 Å². The smallest absolute Gasteiger partial charge is 0.272 e. The minimum atomic E-state index is 0.0245. The minimum absolute atomic E-state index is 0.0245. The normalized spacial score (nSPS) is 16.5. The summed E-state index contributed by atoms with van der Waals surface area (Å²) in [6.07, 6.45) is 9.73. The van der Waals surface area contributed by atoms with Crippen LogP contribution in [0.15, 0.2) is 61.1 Å². The fourth-order valence-electron chi connectivity index (χ4n) is 5.09. The number of carbonyl (C=O) groups is 1. The van der Waals surface area contributed by atoms with E-state index in [4.69, 9.17) is 0 Å². The number of hydrogen-bond acceptors (Lipinski definition) is 3. The molecule has 0 atom stereocenters. The first-order valence-corrected chi connectivity index (χ1v) is 10.9. The predicted octanol–water partition coefficient (Wildman–Crippen LogP) is 4.64. The van der Waals surface area contributed by atoms with Crippen molar-refractivity contribution in [3.05, 3.63) is 83.4 Å². The van der Waals surface area contributed by atoms with Gasteiger partial charge in [0.25, 0.3) is 5.91 Å². The third-order valence-electron chi connectivity index (χ3n) is 6.79. The highest BCUT2D eigenvalue weighted by Gasteiger charge is 2.41. The molecule has 4 nitrogen and oxygen atoms in total.